The minimum Gasteiger partial charge on any atom is -0.472 e. The van der Waals surface area contributed by atoms with Crippen molar-refractivity contribution in [1.29, 1.82) is 0 Å². The van der Waals surface area contributed by atoms with Gasteiger partial charge in [-0.15, -0.1) is 0 Å². The Morgan fingerprint density at radius 3 is 2.58 bits per heavy atom. The number of sulfonamides is 1. The zero-order chi connectivity index (χ0) is 25.9. The summed E-state index contributed by atoms with van der Waals surface area (Å²) in [6, 6.07) is 13.5. The van der Waals surface area contributed by atoms with Gasteiger partial charge in [0.1, 0.15) is 6.10 Å². The zero-order valence-corrected chi connectivity index (χ0v) is 21.3. The second kappa shape index (κ2) is 10.4. The van der Waals surface area contributed by atoms with Gasteiger partial charge in [-0.3, -0.25) is 4.79 Å². The van der Waals surface area contributed by atoms with Gasteiger partial charge in [0.05, 0.1) is 23.8 Å². The van der Waals surface area contributed by atoms with Gasteiger partial charge in [0.15, 0.2) is 0 Å². The number of aryl methyl sites for hydroxylation is 2. The number of carbonyl (C=O) groups excluding carboxylic acids is 1. The van der Waals surface area contributed by atoms with Crippen LogP contribution >= 0.6 is 0 Å². The number of nitrogens with one attached hydrogen (secondary N) is 2. The first-order valence-electron chi connectivity index (χ1n) is 11.6. The van der Waals surface area contributed by atoms with E-state index in [1.54, 1.807) is 17.0 Å². The molecule has 2 aromatic carbocycles. The van der Waals surface area contributed by atoms with Crippen LogP contribution in [0.2, 0.25) is 0 Å². The monoisotopic (exact) mass is 507 g/mol. The maximum Gasteiger partial charge on any atom is 0.264 e. The van der Waals surface area contributed by atoms with Gasteiger partial charge in [0.2, 0.25) is 11.8 Å². The SMILES string of the molecule is C=CNCN1CC(CC)Oc2cc(-c3c(C)cccc3C)nc(n2)NS(=O)(=O)c2cccc(c2)C1=O. The van der Waals surface area contributed by atoms with Crippen molar-refractivity contribution in [3.05, 3.63) is 78.0 Å². The lowest BCUT2D eigenvalue weighted by Crippen LogP contribution is -2.43. The number of hydrogen-bond acceptors (Lipinski definition) is 7. The third-order valence-corrected chi connectivity index (χ3v) is 7.26. The Hall–Kier alpha value is -3.92. The summed E-state index contributed by atoms with van der Waals surface area (Å²) in [5, 5.41) is 2.95. The van der Waals surface area contributed by atoms with E-state index < -0.39 is 16.1 Å². The molecule has 2 heterocycles. The first-order chi connectivity index (χ1) is 17.2. The molecule has 36 heavy (non-hydrogen) atoms. The van der Waals surface area contributed by atoms with Crippen LogP contribution in [0.1, 0.15) is 34.8 Å². The van der Waals surface area contributed by atoms with E-state index in [1.165, 1.54) is 24.4 Å². The quantitative estimate of drug-likeness (QED) is 0.539. The molecule has 0 fully saturated rings. The second-order valence-corrected chi connectivity index (χ2v) is 10.2. The van der Waals surface area contributed by atoms with E-state index in [9.17, 15) is 13.2 Å². The topological polar surface area (TPSA) is 114 Å². The Labute approximate surface area is 211 Å². The van der Waals surface area contributed by atoms with Crippen molar-refractivity contribution in [2.45, 2.75) is 38.2 Å². The van der Waals surface area contributed by atoms with Crippen molar-refractivity contribution < 1.29 is 17.9 Å². The number of ether oxygens (including phenoxy) is 1. The number of hydrogen-bond donors (Lipinski definition) is 2. The van der Waals surface area contributed by atoms with Crippen LogP contribution in [0.25, 0.3) is 11.3 Å². The number of fused-ring (bicyclic) bond motifs is 4. The maximum atomic E-state index is 13.3. The van der Waals surface area contributed by atoms with Gasteiger partial charge < -0.3 is 15.0 Å². The molecule has 4 rings (SSSR count). The molecule has 0 radical (unpaired) electrons. The molecule has 0 saturated carbocycles. The van der Waals surface area contributed by atoms with Crippen molar-refractivity contribution in [1.82, 2.24) is 20.2 Å². The molecular formula is C26H29N5O4S. The summed E-state index contributed by atoms with van der Waals surface area (Å²) in [7, 11) is -4.09. The van der Waals surface area contributed by atoms with E-state index in [0.717, 1.165) is 16.7 Å². The smallest absolute Gasteiger partial charge is 0.264 e. The number of carbonyl (C=O) groups is 1. The summed E-state index contributed by atoms with van der Waals surface area (Å²) in [6.07, 6.45) is 1.67. The predicted octanol–water partition coefficient (Wildman–Crippen LogP) is 3.87. The van der Waals surface area contributed by atoms with Gasteiger partial charge in [0, 0.05) is 17.2 Å². The fourth-order valence-electron chi connectivity index (χ4n) is 4.10. The van der Waals surface area contributed by atoms with Crippen LogP contribution in [-0.4, -0.2) is 48.5 Å². The second-order valence-electron chi connectivity index (χ2n) is 8.56. The molecule has 1 amide bonds. The molecule has 4 bridgehead atoms. The summed E-state index contributed by atoms with van der Waals surface area (Å²) in [5.41, 5.74) is 3.61. The van der Waals surface area contributed by atoms with Gasteiger partial charge >= 0.3 is 0 Å². The van der Waals surface area contributed by atoms with Crippen LogP contribution < -0.4 is 14.8 Å². The van der Waals surface area contributed by atoms with Crippen molar-refractivity contribution in [3.8, 4) is 17.1 Å². The van der Waals surface area contributed by atoms with E-state index in [2.05, 4.69) is 26.6 Å². The van der Waals surface area contributed by atoms with Crippen LogP contribution in [0.5, 0.6) is 5.88 Å². The summed E-state index contributed by atoms with van der Waals surface area (Å²) < 4.78 is 35.2. The highest BCUT2D eigenvalue weighted by atomic mass is 32.2. The summed E-state index contributed by atoms with van der Waals surface area (Å²) >= 11 is 0. The first kappa shape index (κ1) is 25.2. The molecular weight excluding hydrogens is 478 g/mol. The average Bonchev–Trinajstić information content (AvgIpc) is 2.84. The lowest BCUT2D eigenvalue weighted by molar-refractivity contribution is 0.0638. The van der Waals surface area contributed by atoms with Crippen molar-refractivity contribution in [2.24, 2.45) is 0 Å². The Balaban J connectivity index is 1.89. The molecule has 9 nitrogen and oxygen atoms in total. The van der Waals surface area contributed by atoms with E-state index in [-0.39, 0.29) is 41.4 Å². The van der Waals surface area contributed by atoms with Gasteiger partial charge in [0.25, 0.3) is 15.9 Å². The summed E-state index contributed by atoms with van der Waals surface area (Å²) in [5.74, 6) is -0.236. The van der Waals surface area contributed by atoms with Crippen LogP contribution in [0.3, 0.4) is 0 Å². The fourth-order valence-corrected chi connectivity index (χ4v) is 5.09. The maximum absolute atomic E-state index is 13.3. The number of rotatable bonds is 5. The van der Waals surface area contributed by atoms with Crippen LogP contribution in [-0.2, 0) is 10.0 Å². The molecule has 1 aromatic heterocycles. The fraction of sp³-hybridized carbons (Fsp3) is 0.269. The summed E-state index contributed by atoms with van der Waals surface area (Å²) in [6.45, 7) is 9.96. The van der Waals surface area contributed by atoms with E-state index in [0.29, 0.717) is 12.1 Å². The van der Waals surface area contributed by atoms with Crippen LogP contribution in [0.15, 0.2) is 66.2 Å². The molecule has 0 spiro atoms. The zero-order valence-electron chi connectivity index (χ0n) is 20.5. The molecule has 188 valence electrons. The molecule has 10 heteroatoms. The van der Waals surface area contributed by atoms with Crippen molar-refractivity contribution >= 4 is 21.9 Å². The highest BCUT2D eigenvalue weighted by Crippen LogP contribution is 2.30. The van der Waals surface area contributed by atoms with Crippen LogP contribution in [0, 0.1) is 13.8 Å². The molecule has 3 aromatic rings. The minimum absolute atomic E-state index is 0.0696. The predicted molar refractivity (Wildman–Crippen MR) is 138 cm³/mol. The van der Waals surface area contributed by atoms with Crippen LogP contribution in [0.4, 0.5) is 5.95 Å². The van der Waals surface area contributed by atoms with E-state index in [1.807, 2.05) is 39.0 Å². The van der Waals surface area contributed by atoms with Gasteiger partial charge in [-0.25, -0.2) is 18.1 Å². The number of nitrogens with zero attached hydrogens (tertiary/aromatic N) is 3. The lowest BCUT2D eigenvalue weighted by Gasteiger charge is -2.27. The molecule has 2 N–H and O–H groups in total. The third-order valence-electron chi connectivity index (χ3n) is 5.94. The van der Waals surface area contributed by atoms with Crippen molar-refractivity contribution in [3.63, 3.8) is 0 Å². The average molecular weight is 508 g/mol. The number of amides is 1. The molecule has 0 aliphatic carbocycles. The van der Waals surface area contributed by atoms with Gasteiger partial charge in [-0.05, 0) is 55.8 Å². The van der Waals surface area contributed by atoms with E-state index >= 15 is 0 Å². The molecule has 1 unspecified atom stereocenters. The Bertz CT molecular complexity index is 1390. The first-order valence-corrected chi connectivity index (χ1v) is 13.1. The normalized spacial score (nSPS) is 17.0. The minimum atomic E-state index is -4.09. The van der Waals surface area contributed by atoms with Gasteiger partial charge in [-0.1, -0.05) is 37.8 Å². The molecule has 1 aliphatic heterocycles. The highest BCUT2D eigenvalue weighted by Gasteiger charge is 2.25. The van der Waals surface area contributed by atoms with E-state index in [4.69, 9.17) is 4.74 Å². The Morgan fingerprint density at radius 2 is 1.89 bits per heavy atom. The lowest BCUT2D eigenvalue weighted by atomic mass is 10.00. The largest absolute Gasteiger partial charge is 0.472 e. The number of aromatic nitrogens is 2. The summed E-state index contributed by atoms with van der Waals surface area (Å²) in [4.78, 5) is 23.7. The Morgan fingerprint density at radius 1 is 1.17 bits per heavy atom. The number of anilines is 1. The number of benzene rings is 2. The Kier molecular flexibility index (Phi) is 7.25. The van der Waals surface area contributed by atoms with Gasteiger partial charge in [-0.2, -0.15) is 4.98 Å². The third kappa shape index (κ3) is 5.33. The van der Waals surface area contributed by atoms with Crippen molar-refractivity contribution in [2.75, 3.05) is 17.9 Å². The highest BCUT2D eigenvalue weighted by molar-refractivity contribution is 7.92. The molecule has 1 atom stereocenters. The standard InChI is InChI=1S/C26H29N5O4S/c1-5-20-15-31(16-27-6-2)25(32)19-11-8-12-21(13-19)36(33,34)30-26-28-22(14-23(29-26)35-20)24-17(3)9-7-10-18(24)4/h6-14,20,27H,2,5,15-16H2,1,3-4H3,(H,28,29,30). The molecule has 0 saturated heterocycles. The molecule has 1 aliphatic rings.